The number of halogens is 1. The number of nitrogen functional groups attached to an aromatic ring is 1. The summed E-state index contributed by atoms with van der Waals surface area (Å²) in [6.45, 7) is 1.62. The third kappa shape index (κ3) is 3.29. The molecule has 1 aromatic carbocycles. The molecule has 4 nitrogen and oxygen atoms in total. The lowest BCUT2D eigenvalue weighted by Crippen LogP contribution is -2.35. The summed E-state index contributed by atoms with van der Waals surface area (Å²) in [6, 6.07) is 4.99. The Morgan fingerprint density at radius 2 is 1.89 bits per heavy atom. The van der Waals surface area contributed by atoms with E-state index in [0.717, 1.165) is 25.9 Å². The van der Waals surface area contributed by atoms with Crippen LogP contribution in [0.5, 0.6) is 0 Å². The molecular weight excluding hydrogens is 250 g/mol. The van der Waals surface area contributed by atoms with Crippen LogP contribution < -0.4 is 11.1 Å². The Kier molecular flexibility index (Phi) is 4.31. The number of likely N-dealkylation sites (tertiary alicyclic amines) is 1. The molecule has 1 aromatic rings. The molecule has 2 amide bonds. The van der Waals surface area contributed by atoms with E-state index in [1.807, 2.05) is 4.90 Å². The Labute approximate surface area is 112 Å². The van der Waals surface area contributed by atoms with E-state index in [0.29, 0.717) is 16.4 Å². The Morgan fingerprint density at radius 1 is 1.22 bits per heavy atom. The van der Waals surface area contributed by atoms with E-state index in [2.05, 4.69) is 5.32 Å². The van der Waals surface area contributed by atoms with Crippen LogP contribution >= 0.6 is 11.6 Å². The van der Waals surface area contributed by atoms with Crippen molar-refractivity contribution < 1.29 is 4.79 Å². The first-order chi connectivity index (χ1) is 8.66. The number of hydrogen-bond donors (Lipinski definition) is 2. The molecule has 0 aliphatic carbocycles. The number of amides is 2. The van der Waals surface area contributed by atoms with Gasteiger partial charge >= 0.3 is 6.03 Å². The van der Waals surface area contributed by atoms with Crippen LogP contribution in [0.15, 0.2) is 18.2 Å². The first kappa shape index (κ1) is 13.0. The van der Waals surface area contributed by atoms with Gasteiger partial charge in [0, 0.05) is 18.8 Å². The highest BCUT2D eigenvalue weighted by molar-refractivity contribution is 6.33. The molecule has 98 valence electrons. The highest BCUT2D eigenvalue weighted by Crippen LogP contribution is 2.24. The van der Waals surface area contributed by atoms with Crippen molar-refractivity contribution in [3.8, 4) is 0 Å². The van der Waals surface area contributed by atoms with Gasteiger partial charge < -0.3 is 16.0 Å². The van der Waals surface area contributed by atoms with Crippen molar-refractivity contribution in [3.05, 3.63) is 23.2 Å². The van der Waals surface area contributed by atoms with Crippen LogP contribution in [-0.4, -0.2) is 24.0 Å². The van der Waals surface area contributed by atoms with Gasteiger partial charge in [0.15, 0.2) is 0 Å². The molecule has 3 N–H and O–H groups in total. The number of urea groups is 1. The average Bonchev–Trinajstić information content (AvgIpc) is 2.62. The second kappa shape index (κ2) is 5.96. The second-order valence-corrected chi connectivity index (χ2v) is 4.98. The van der Waals surface area contributed by atoms with Gasteiger partial charge in [-0.05, 0) is 31.0 Å². The Bertz CT molecular complexity index is 428. The number of carbonyl (C=O) groups is 1. The molecule has 0 aromatic heterocycles. The van der Waals surface area contributed by atoms with Crippen molar-refractivity contribution in [2.45, 2.75) is 25.7 Å². The van der Waals surface area contributed by atoms with E-state index in [1.54, 1.807) is 18.2 Å². The second-order valence-electron chi connectivity index (χ2n) is 4.57. The van der Waals surface area contributed by atoms with Crippen molar-refractivity contribution in [2.24, 2.45) is 0 Å². The summed E-state index contributed by atoms with van der Waals surface area (Å²) in [6.07, 6.45) is 4.53. The van der Waals surface area contributed by atoms with Crippen LogP contribution in [0.4, 0.5) is 16.2 Å². The molecule has 1 aliphatic rings. The molecule has 0 bridgehead atoms. The first-order valence-electron chi connectivity index (χ1n) is 6.28. The molecule has 0 spiro atoms. The number of anilines is 2. The molecular formula is C13H18ClN3O. The summed E-state index contributed by atoms with van der Waals surface area (Å²) < 4.78 is 0. The van der Waals surface area contributed by atoms with Crippen molar-refractivity contribution in [2.75, 3.05) is 24.1 Å². The van der Waals surface area contributed by atoms with Crippen LogP contribution in [0.25, 0.3) is 0 Å². The van der Waals surface area contributed by atoms with Crippen molar-refractivity contribution in [3.63, 3.8) is 0 Å². The predicted molar refractivity (Wildman–Crippen MR) is 74.9 cm³/mol. The fourth-order valence-corrected chi connectivity index (χ4v) is 2.27. The normalized spacial score (nSPS) is 16.2. The maximum Gasteiger partial charge on any atom is 0.321 e. The van der Waals surface area contributed by atoms with Crippen molar-refractivity contribution in [1.29, 1.82) is 0 Å². The fraction of sp³-hybridized carbons (Fsp3) is 0.462. The lowest BCUT2D eigenvalue weighted by atomic mass is 10.2. The number of nitrogens with one attached hydrogen (secondary N) is 1. The number of hydrogen-bond acceptors (Lipinski definition) is 2. The maximum absolute atomic E-state index is 12.1. The van der Waals surface area contributed by atoms with Gasteiger partial charge in [-0.2, -0.15) is 0 Å². The van der Waals surface area contributed by atoms with E-state index in [9.17, 15) is 4.79 Å². The zero-order chi connectivity index (χ0) is 13.0. The summed E-state index contributed by atoms with van der Waals surface area (Å²) in [5, 5.41) is 3.33. The van der Waals surface area contributed by atoms with E-state index < -0.39 is 0 Å². The molecule has 1 fully saturated rings. The summed E-state index contributed by atoms with van der Waals surface area (Å²) in [7, 11) is 0. The largest absolute Gasteiger partial charge is 0.399 e. The molecule has 0 unspecified atom stereocenters. The van der Waals surface area contributed by atoms with E-state index in [4.69, 9.17) is 17.3 Å². The average molecular weight is 268 g/mol. The molecule has 0 atom stereocenters. The fourth-order valence-electron chi connectivity index (χ4n) is 2.11. The zero-order valence-corrected chi connectivity index (χ0v) is 11.0. The van der Waals surface area contributed by atoms with Crippen LogP contribution in [0, 0.1) is 0 Å². The summed E-state index contributed by atoms with van der Waals surface area (Å²) in [5.41, 5.74) is 6.85. The lowest BCUT2D eigenvalue weighted by molar-refractivity contribution is 0.214. The van der Waals surface area contributed by atoms with E-state index in [1.165, 1.54) is 12.8 Å². The molecule has 1 saturated heterocycles. The summed E-state index contributed by atoms with van der Waals surface area (Å²) >= 11 is 6.02. The molecule has 1 heterocycles. The van der Waals surface area contributed by atoms with Crippen LogP contribution in [0.2, 0.25) is 5.02 Å². The molecule has 2 rings (SSSR count). The number of rotatable bonds is 1. The SMILES string of the molecule is Nc1ccc(Cl)c(NC(=O)N2CCCCCC2)c1. The number of nitrogens with two attached hydrogens (primary N) is 1. The van der Waals surface area contributed by atoms with E-state index >= 15 is 0 Å². The van der Waals surface area contributed by atoms with Crippen LogP contribution in [0.1, 0.15) is 25.7 Å². The molecule has 5 heteroatoms. The van der Waals surface area contributed by atoms with Gasteiger partial charge in [-0.15, -0.1) is 0 Å². The van der Waals surface area contributed by atoms with Gasteiger partial charge in [0.2, 0.25) is 0 Å². The number of nitrogens with zero attached hydrogens (tertiary/aromatic N) is 1. The van der Waals surface area contributed by atoms with Gasteiger partial charge in [-0.25, -0.2) is 4.79 Å². The molecule has 0 saturated carbocycles. The van der Waals surface area contributed by atoms with Crippen molar-refractivity contribution >= 4 is 29.0 Å². The minimum absolute atomic E-state index is 0.0931. The predicted octanol–water partition coefficient (Wildman–Crippen LogP) is 3.33. The maximum atomic E-state index is 12.1. The van der Waals surface area contributed by atoms with Gasteiger partial charge in [0.25, 0.3) is 0 Å². The van der Waals surface area contributed by atoms with Gasteiger partial charge in [-0.3, -0.25) is 0 Å². The van der Waals surface area contributed by atoms with Crippen LogP contribution in [0.3, 0.4) is 0 Å². The zero-order valence-electron chi connectivity index (χ0n) is 10.3. The summed E-state index contributed by atoms with van der Waals surface area (Å²) in [4.78, 5) is 13.9. The first-order valence-corrected chi connectivity index (χ1v) is 6.65. The quantitative estimate of drug-likeness (QED) is 0.767. The highest BCUT2D eigenvalue weighted by Gasteiger charge is 2.16. The third-order valence-electron chi connectivity index (χ3n) is 3.13. The smallest absolute Gasteiger partial charge is 0.321 e. The highest BCUT2D eigenvalue weighted by atomic mass is 35.5. The van der Waals surface area contributed by atoms with Crippen molar-refractivity contribution in [1.82, 2.24) is 4.90 Å². The lowest BCUT2D eigenvalue weighted by Gasteiger charge is -2.21. The topological polar surface area (TPSA) is 58.4 Å². The van der Waals surface area contributed by atoms with Gasteiger partial charge in [0.05, 0.1) is 10.7 Å². The minimum Gasteiger partial charge on any atom is -0.399 e. The molecule has 18 heavy (non-hydrogen) atoms. The third-order valence-corrected chi connectivity index (χ3v) is 3.45. The van der Waals surface area contributed by atoms with E-state index in [-0.39, 0.29) is 6.03 Å². The van der Waals surface area contributed by atoms with Crippen LogP contribution in [-0.2, 0) is 0 Å². The molecule has 0 radical (unpaired) electrons. The Morgan fingerprint density at radius 3 is 2.56 bits per heavy atom. The molecule has 1 aliphatic heterocycles. The minimum atomic E-state index is -0.0931. The van der Waals surface area contributed by atoms with Gasteiger partial charge in [0.1, 0.15) is 0 Å². The monoisotopic (exact) mass is 267 g/mol. The Hall–Kier alpha value is -1.42. The standard InChI is InChI=1S/C13H18ClN3O/c14-11-6-5-10(15)9-12(11)16-13(18)17-7-3-1-2-4-8-17/h5-6,9H,1-4,7-8,15H2,(H,16,18). The Balaban J connectivity index is 2.03. The summed E-state index contributed by atoms with van der Waals surface area (Å²) in [5.74, 6) is 0. The number of carbonyl (C=O) groups excluding carboxylic acids is 1. The van der Waals surface area contributed by atoms with Gasteiger partial charge in [-0.1, -0.05) is 24.4 Å². The number of benzene rings is 1.